The number of ether oxygens (including phenoxy) is 2. The van der Waals surface area contributed by atoms with E-state index in [4.69, 9.17) is 9.47 Å². The van der Waals surface area contributed by atoms with E-state index in [1.807, 2.05) is 0 Å². The number of nitrogens with zero attached hydrogens (tertiary/aromatic N) is 3. The fraction of sp³-hybridized carbons (Fsp3) is 0.320. The number of nitro benzene ring substituents is 1. The molecule has 2 aliphatic heterocycles. The lowest BCUT2D eigenvalue weighted by atomic mass is 10.1. The Morgan fingerprint density at radius 2 is 1.86 bits per heavy atom. The molecule has 188 valence electrons. The van der Waals surface area contributed by atoms with E-state index in [0.717, 1.165) is 35.9 Å². The Morgan fingerprint density at radius 3 is 2.58 bits per heavy atom. The monoisotopic (exact) mass is 511 g/mol. The Bertz CT molecular complexity index is 1220. The van der Waals surface area contributed by atoms with E-state index in [-0.39, 0.29) is 29.7 Å². The van der Waals surface area contributed by atoms with Crippen molar-refractivity contribution in [2.75, 3.05) is 26.7 Å². The number of para-hydroxylation sites is 1. The molecule has 0 aromatic heterocycles. The van der Waals surface area contributed by atoms with Gasteiger partial charge in [-0.25, -0.2) is 0 Å². The molecule has 0 N–H and O–H groups in total. The van der Waals surface area contributed by atoms with Crippen LogP contribution in [0.25, 0.3) is 6.08 Å². The molecule has 10 nitrogen and oxygen atoms in total. The van der Waals surface area contributed by atoms with Gasteiger partial charge in [0.15, 0.2) is 11.5 Å². The van der Waals surface area contributed by atoms with Crippen molar-refractivity contribution in [1.29, 1.82) is 0 Å². The van der Waals surface area contributed by atoms with Crippen LogP contribution in [0.2, 0.25) is 0 Å². The molecule has 2 aromatic carbocycles. The maximum atomic E-state index is 12.9. The van der Waals surface area contributed by atoms with Gasteiger partial charge in [-0.15, -0.1) is 0 Å². The minimum atomic E-state index is -0.520. The smallest absolute Gasteiger partial charge is 0.294 e. The molecule has 0 saturated carbocycles. The summed E-state index contributed by atoms with van der Waals surface area (Å²) in [6, 6.07) is 11.2. The summed E-state index contributed by atoms with van der Waals surface area (Å²) < 4.78 is 11.2. The van der Waals surface area contributed by atoms with Crippen LogP contribution in [0.15, 0.2) is 47.4 Å². The first-order chi connectivity index (χ1) is 17.4. The standard InChI is InChI=1S/C25H25N3O7S/c1-34-20-10-9-17(13-21(20)35-16-18-7-3-4-8-19(18)28(32)33)14-22-24(30)27(25(31)36-22)15-23(29)26-11-5-2-6-12-26/h3-4,7-10,13-14H,2,5-6,11-12,15-16H2,1H3/b22-14-. The van der Waals surface area contributed by atoms with Crippen LogP contribution < -0.4 is 9.47 Å². The Kier molecular flexibility index (Phi) is 7.89. The van der Waals surface area contributed by atoms with Crippen LogP contribution in [0.5, 0.6) is 11.5 Å². The van der Waals surface area contributed by atoms with Gasteiger partial charge in [0.05, 0.1) is 22.5 Å². The van der Waals surface area contributed by atoms with Gasteiger partial charge in [-0.05, 0) is 60.9 Å². The van der Waals surface area contributed by atoms with Gasteiger partial charge >= 0.3 is 0 Å². The molecule has 11 heteroatoms. The van der Waals surface area contributed by atoms with Crippen LogP contribution in [0.3, 0.4) is 0 Å². The maximum Gasteiger partial charge on any atom is 0.294 e. The predicted molar refractivity (Wildman–Crippen MR) is 134 cm³/mol. The van der Waals surface area contributed by atoms with Crippen LogP contribution in [-0.2, 0) is 16.2 Å². The lowest BCUT2D eigenvalue weighted by Gasteiger charge is -2.27. The third-order valence-electron chi connectivity index (χ3n) is 5.93. The molecule has 0 spiro atoms. The van der Waals surface area contributed by atoms with Gasteiger partial charge in [0.1, 0.15) is 13.2 Å². The molecule has 0 bridgehead atoms. The number of imide groups is 1. The number of methoxy groups -OCH3 is 1. The largest absolute Gasteiger partial charge is 0.493 e. The highest BCUT2D eigenvalue weighted by Crippen LogP contribution is 2.35. The van der Waals surface area contributed by atoms with Crippen LogP contribution >= 0.6 is 11.8 Å². The minimum absolute atomic E-state index is 0.0552. The molecule has 2 aliphatic rings. The van der Waals surface area contributed by atoms with Crippen molar-refractivity contribution in [3.63, 3.8) is 0 Å². The van der Waals surface area contributed by atoms with Crippen molar-refractivity contribution in [2.24, 2.45) is 0 Å². The van der Waals surface area contributed by atoms with E-state index >= 15 is 0 Å². The number of thioether (sulfide) groups is 1. The zero-order valence-corrected chi connectivity index (χ0v) is 20.5. The number of rotatable bonds is 8. The molecular weight excluding hydrogens is 486 g/mol. The number of likely N-dealkylation sites (tertiary alicyclic amines) is 1. The van der Waals surface area contributed by atoms with E-state index < -0.39 is 16.1 Å². The van der Waals surface area contributed by atoms with Crippen molar-refractivity contribution in [1.82, 2.24) is 9.80 Å². The number of benzene rings is 2. The third-order valence-corrected chi connectivity index (χ3v) is 6.84. The fourth-order valence-electron chi connectivity index (χ4n) is 4.03. The summed E-state index contributed by atoms with van der Waals surface area (Å²) in [5.41, 5.74) is 0.913. The molecule has 2 fully saturated rings. The number of carbonyl (C=O) groups is 3. The van der Waals surface area contributed by atoms with Gasteiger partial charge in [0.25, 0.3) is 16.8 Å². The summed E-state index contributed by atoms with van der Waals surface area (Å²) in [5, 5.41) is 10.8. The molecule has 36 heavy (non-hydrogen) atoms. The number of carbonyl (C=O) groups excluding carboxylic acids is 3. The zero-order valence-electron chi connectivity index (χ0n) is 19.7. The zero-order chi connectivity index (χ0) is 25.7. The van der Waals surface area contributed by atoms with E-state index in [1.54, 1.807) is 47.4 Å². The van der Waals surface area contributed by atoms with Crippen LogP contribution in [0.1, 0.15) is 30.4 Å². The Morgan fingerprint density at radius 1 is 1.11 bits per heavy atom. The summed E-state index contributed by atoms with van der Waals surface area (Å²) in [6.07, 6.45) is 4.47. The van der Waals surface area contributed by atoms with Gasteiger partial charge in [-0.3, -0.25) is 29.4 Å². The lowest BCUT2D eigenvalue weighted by molar-refractivity contribution is -0.385. The van der Waals surface area contributed by atoms with Crippen molar-refractivity contribution < 1.29 is 28.8 Å². The second-order valence-corrected chi connectivity index (χ2v) is 9.29. The highest BCUT2D eigenvalue weighted by Gasteiger charge is 2.37. The molecule has 0 atom stereocenters. The van der Waals surface area contributed by atoms with Gasteiger partial charge in [-0.1, -0.05) is 18.2 Å². The van der Waals surface area contributed by atoms with Crippen LogP contribution in [0, 0.1) is 10.1 Å². The molecule has 0 radical (unpaired) electrons. The Labute approximate surface area is 212 Å². The summed E-state index contributed by atoms with van der Waals surface area (Å²) in [5.74, 6) is -0.0168. The fourth-order valence-corrected chi connectivity index (χ4v) is 4.87. The first-order valence-electron chi connectivity index (χ1n) is 11.4. The summed E-state index contributed by atoms with van der Waals surface area (Å²) in [7, 11) is 1.47. The molecule has 0 unspecified atom stereocenters. The van der Waals surface area contributed by atoms with Gasteiger partial charge in [-0.2, -0.15) is 0 Å². The molecular formula is C25H25N3O7S. The number of hydrogen-bond donors (Lipinski definition) is 0. The number of hydrogen-bond acceptors (Lipinski definition) is 8. The highest BCUT2D eigenvalue weighted by atomic mass is 32.2. The minimum Gasteiger partial charge on any atom is -0.493 e. The van der Waals surface area contributed by atoms with E-state index in [9.17, 15) is 24.5 Å². The SMILES string of the molecule is COc1ccc(/C=C2\SC(=O)N(CC(=O)N3CCCCC3)C2=O)cc1OCc1ccccc1[N+](=O)[O-]. The molecule has 3 amide bonds. The normalized spacial score (nSPS) is 17.0. The molecule has 2 heterocycles. The highest BCUT2D eigenvalue weighted by molar-refractivity contribution is 8.18. The maximum absolute atomic E-state index is 12.9. The van der Waals surface area contributed by atoms with Crippen molar-refractivity contribution in [3.05, 3.63) is 68.6 Å². The Balaban J connectivity index is 1.49. The second kappa shape index (κ2) is 11.3. The Hall–Kier alpha value is -3.86. The number of amides is 3. The van der Waals surface area contributed by atoms with E-state index in [2.05, 4.69) is 0 Å². The summed E-state index contributed by atoms with van der Waals surface area (Å²) in [6.45, 7) is 0.957. The van der Waals surface area contributed by atoms with Gasteiger partial charge in [0.2, 0.25) is 5.91 Å². The van der Waals surface area contributed by atoms with E-state index in [0.29, 0.717) is 35.7 Å². The third kappa shape index (κ3) is 5.68. The first-order valence-corrected chi connectivity index (χ1v) is 12.3. The molecule has 2 saturated heterocycles. The molecule has 4 rings (SSSR count). The lowest BCUT2D eigenvalue weighted by Crippen LogP contribution is -2.44. The number of piperidine rings is 1. The topological polar surface area (TPSA) is 119 Å². The first kappa shape index (κ1) is 25.2. The van der Waals surface area contributed by atoms with Gasteiger partial charge in [0, 0.05) is 19.2 Å². The summed E-state index contributed by atoms with van der Waals surface area (Å²) in [4.78, 5) is 51.6. The van der Waals surface area contributed by atoms with Crippen molar-refractivity contribution in [3.8, 4) is 11.5 Å². The van der Waals surface area contributed by atoms with Crippen molar-refractivity contribution >= 4 is 40.6 Å². The number of nitro groups is 1. The van der Waals surface area contributed by atoms with Crippen LogP contribution in [0.4, 0.5) is 10.5 Å². The predicted octanol–water partition coefficient (Wildman–Crippen LogP) is 4.23. The molecule has 0 aliphatic carbocycles. The quantitative estimate of drug-likeness (QED) is 0.293. The average molecular weight is 512 g/mol. The van der Waals surface area contributed by atoms with Crippen molar-refractivity contribution in [2.45, 2.75) is 25.9 Å². The average Bonchev–Trinajstić information content (AvgIpc) is 3.15. The van der Waals surface area contributed by atoms with Crippen LogP contribution in [-0.4, -0.2) is 58.5 Å². The van der Waals surface area contributed by atoms with Gasteiger partial charge < -0.3 is 14.4 Å². The second-order valence-electron chi connectivity index (χ2n) is 8.29. The van der Waals surface area contributed by atoms with E-state index in [1.165, 1.54) is 13.2 Å². The molecule has 2 aromatic rings. The summed E-state index contributed by atoms with van der Waals surface area (Å²) >= 11 is 0.777.